The summed E-state index contributed by atoms with van der Waals surface area (Å²) in [5, 5.41) is 6.21. The lowest BCUT2D eigenvalue weighted by Crippen LogP contribution is -2.30. The number of amides is 1. The van der Waals surface area contributed by atoms with Crippen molar-refractivity contribution in [2.24, 2.45) is 0 Å². The molecule has 1 unspecified atom stereocenters. The van der Waals surface area contributed by atoms with E-state index in [0.29, 0.717) is 17.9 Å². The number of hydrogen-bond donors (Lipinski definition) is 1. The topological polar surface area (TPSA) is 38.3 Å². The number of aryl methyl sites for hydroxylation is 1. The number of benzene rings is 3. The Morgan fingerprint density at radius 1 is 1.21 bits per heavy atom. The monoisotopic (exact) mass is 411 g/mol. The molecule has 3 aromatic rings. The number of halogens is 1. The second kappa shape index (κ2) is 8.46. The van der Waals surface area contributed by atoms with Crippen LogP contribution in [-0.2, 0) is 11.2 Å². The maximum atomic E-state index is 12.7. The molecule has 4 rings (SSSR count). The molecule has 28 heavy (non-hydrogen) atoms. The Balaban J connectivity index is 1.49. The largest absolute Gasteiger partial charge is 0.496 e. The lowest BCUT2D eigenvalue weighted by atomic mass is 9.99. The predicted octanol–water partition coefficient (Wildman–Crippen LogP) is 5.79. The molecule has 1 heterocycles. The Morgan fingerprint density at radius 3 is 2.93 bits per heavy atom. The van der Waals surface area contributed by atoms with Crippen molar-refractivity contribution >= 4 is 40.0 Å². The third-order valence-electron chi connectivity index (χ3n) is 5.17. The van der Waals surface area contributed by atoms with Crippen LogP contribution in [0.4, 0.5) is 0 Å². The van der Waals surface area contributed by atoms with E-state index in [1.165, 1.54) is 4.90 Å². The molecule has 5 heteroatoms. The predicted molar refractivity (Wildman–Crippen MR) is 116 cm³/mol. The third kappa shape index (κ3) is 3.98. The van der Waals surface area contributed by atoms with Gasteiger partial charge in [-0.05, 0) is 53.4 Å². The zero-order valence-corrected chi connectivity index (χ0v) is 17.3. The summed E-state index contributed by atoms with van der Waals surface area (Å²) in [5.41, 5.74) is 2.21. The van der Waals surface area contributed by atoms with Gasteiger partial charge in [-0.3, -0.25) is 4.79 Å². The normalized spacial score (nSPS) is 15.9. The minimum atomic E-state index is 0.0249. The second-order valence-corrected chi connectivity index (χ2v) is 8.48. The number of thioether (sulfide) groups is 1. The van der Waals surface area contributed by atoms with Crippen molar-refractivity contribution in [1.29, 1.82) is 0 Å². The Bertz CT molecular complexity index is 1020. The van der Waals surface area contributed by atoms with Gasteiger partial charge in [-0.25, -0.2) is 0 Å². The molecule has 3 nitrogen and oxygen atoms in total. The number of fused-ring (bicyclic) bond motifs is 2. The summed E-state index contributed by atoms with van der Waals surface area (Å²) in [6, 6.07) is 18.2. The summed E-state index contributed by atoms with van der Waals surface area (Å²) in [4.78, 5) is 13.9. The fourth-order valence-electron chi connectivity index (χ4n) is 3.79. The van der Waals surface area contributed by atoms with Crippen molar-refractivity contribution in [1.82, 2.24) is 5.32 Å². The lowest BCUT2D eigenvalue weighted by Gasteiger charge is -2.26. The van der Waals surface area contributed by atoms with E-state index in [4.69, 9.17) is 16.3 Å². The fraction of sp³-hybridized carbons (Fsp3) is 0.261. The van der Waals surface area contributed by atoms with Gasteiger partial charge in [0.25, 0.3) is 0 Å². The summed E-state index contributed by atoms with van der Waals surface area (Å²) in [6.07, 6.45) is 1.98. The summed E-state index contributed by atoms with van der Waals surface area (Å²) >= 11 is 7.99. The van der Waals surface area contributed by atoms with Crippen molar-refractivity contribution in [3.05, 3.63) is 70.7 Å². The second-order valence-electron chi connectivity index (χ2n) is 6.91. The molecule has 0 saturated carbocycles. The number of methoxy groups -OCH3 is 1. The van der Waals surface area contributed by atoms with Gasteiger partial charge in [-0.1, -0.05) is 41.9 Å². The molecule has 1 atom stereocenters. The van der Waals surface area contributed by atoms with Gasteiger partial charge in [0.15, 0.2) is 0 Å². The van der Waals surface area contributed by atoms with Crippen molar-refractivity contribution in [2.75, 3.05) is 12.9 Å². The number of nitrogens with one attached hydrogen (secondary N) is 1. The van der Waals surface area contributed by atoms with E-state index < -0.39 is 0 Å². The minimum Gasteiger partial charge on any atom is -0.496 e. The van der Waals surface area contributed by atoms with Crippen LogP contribution in [0, 0.1) is 0 Å². The average molecular weight is 412 g/mol. The smallest absolute Gasteiger partial charge is 0.220 e. The van der Waals surface area contributed by atoms with Crippen LogP contribution in [0.25, 0.3) is 10.8 Å². The highest BCUT2D eigenvalue weighted by Crippen LogP contribution is 2.37. The van der Waals surface area contributed by atoms with Gasteiger partial charge in [0.05, 0.1) is 13.2 Å². The highest BCUT2D eigenvalue weighted by Gasteiger charge is 2.23. The van der Waals surface area contributed by atoms with Gasteiger partial charge in [0.1, 0.15) is 5.75 Å². The van der Waals surface area contributed by atoms with Crippen LogP contribution in [0.1, 0.15) is 30.0 Å². The van der Waals surface area contributed by atoms with Crippen LogP contribution >= 0.6 is 23.4 Å². The van der Waals surface area contributed by atoms with E-state index in [1.807, 2.05) is 48.2 Å². The van der Waals surface area contributed by atoms with E-state index in [2.05, 4.69) is 23.5 Å². The van der Waals surface area contributed by atoms with E-state index in [0.717, 1.165) is 39.8 Å². The molecule has 0 aromatic heterocycles. The summed E-state index contributed by atoms with van der Waals surface area (Å²) in [5.74, 6) is 1.88. The molecule has 3 aromatic carbocycles. The molecule has 1 amide bonds. The van der Waals surface area contributed by atoms with Crippen molar-refractivity contribution in [3.8, 4) is 5.75 Å². The SMILES string of the molecule is COc1ccc2ccccc2c1CCC(=O)NC1CCSc2ccc(Cl)cc21. The van der Waals surface area contributed by atoms with Crippen LogP contribution in [0.15, 0.2) is 59.5 Å². The summed E-state index contributed by atoms with van der Waals surface area (Å²) in [6.45, 7) is 0. The van der Waals surface area contributed by atoms with Crippen LogP contribution in [-0.4, -0.2) is 18.8 Å². The molecule has 0 fully saturated rings. The van der Waals surface area contributed by atoms with Crippen molar-refractivity contribution in [3.63, 3.8) is 0 Å². The number of hydrogen-bond acceptors (Lipinski definition) is 3. The van der Waals surface area contributed by atoms with Gasteiger partial charge in [-0.2, -0.15) is 0 Å². The Hall–Kier alpha value is -2.17. The maximum Gasteiger partial charge on any atom is 0.220 e. The zero-order chi connectivity index (χ0) is 19.5. The zero-order valence-electron chi connectivity index (χ0n) is 15.7. The van der Waals surface area contributed by atoms with Gasteiger partial charge < -0.3 is 10.1 Å². The first-order chi connectivity index (χ1) is 13.7. The van der Waals surface area contributed by atoms with Crippen LogP contribution in [0.3, 0.4) is 0 Å². The number of carbonyl (C=O) groups is 1. The highest BCUT2D eigenvalue weighted by molar-refractivity contribution is 7.99. The van der Waals surface area contributed by atoms with Gasteiger partial charge >= 0.3 is 0 Å². The van der Waals surface area contributed by atoms with Gasteiger partial charge in [-0.15, -0.1) is 11.8 Å². The van der Waals surface area contributed by atoms with Gasteiger partial charge in [0, 0.05) is 27.7 Å². The Labute approximate surface area is 174 Å². The van der Waals surface area contributed by atoms with Crippen LogP contribution in [0.5, 0.6) is 5.75 Å². The molecule has 0 spiro atoms. The maximum absolute atomic E-state index is 12.7. The fourth-order valence-corrected chi connectivity index (χ4v) is 5.07. The number of carbonyl (C=O) groups excluding carboxylic acids is 1. The molecule has 1 aliphatic rings. The van der Waals surface area contributed by atoms with Gasteiger partial charge in [0.2, 0.25) is 5.91 Å². The molecular weight excluding hydrogens is 390 g/mol. The van der Waals surface area contributed by atoms with E-state index in [9.17, 15) is 4.79 Å². The molecule has 144 valence electrons. The number of rotatable bonds is 5. The molecule has 0 saturated heterocycles. The quantitative estimate of drug-likeness (QED) is 0.577. The van der Waals surface area contributed by atoms with E-state index in [-0.39, 0.29) is 11.9 Å². The molecule has 0 aliphatic carbocycles. The Kier molecular flexibility index (Phi) is 5.79. The summed E-state index contributed by atoms with van der Waals surface area (Å²) < 4.78 is 5.55. The first-order valence-electron chi connectivity index (χ1n) is 9.42. The lowest BCUT2D eigenvalue weighted by molar-refractivity contribution is -0.121. The standard InChI is InChI=1S/C23H22ClNO2S/c1-27-21-9-6-15-4-2-3-5-17(15)18(21)8-11-23(26)25-20-12-13-28-22-10-7-16(24)14-19(20)22/h2-7,9-10,14,20H,8,11-13H2,1H3,(H,25,26). The van der Waals surface area contributed by atoms with Crippen LogP contribution < -0.4 is 10.1 Å². The third-order valence-corrected chi connectivity index (χ3v) is 6.52. The van der Waals surface area contributed by atoms with Crippen molar-refractivity contribution < 1.29 is 9.53 Å². The first-order valence-corrected chi connectivity index (χ1v) is 10.8. The van der Waals surface area contributed by atoms with Crippen molar-refractivity contribution in [2.45, 2.75) is 30.2 Å². The molecule has 0 bridgehead atoms. The van der Waals surface area contributed by atoms with Crippen LogP contribution in [0.2, 0.25) is 5.02 Å². The Morgan fingerprint density at radius 2 is 2.07 bits per heavy atom. The molecule has 1 aliphatic heterocycles. The van der Waals surface area contributed by atoms with E-state index in [1.54, 1.807) is 7.11 Å². The molecular formula is C23H22ClNO2S. The highest BCUT2D eigenvalue weighted by atomic mass is 35.5. The minimum absolute atomic E-state index is 0.0249. The molecule has 0 radical (unpaired) electrons. The summed E-state index contributed by atoms with van der Waals surface area (Å²) in [7, 11) is 1.67. The average Bonchev–Trinajstić information content (AvgIpc) is 2.72. The van der Waals surface area contributed by atoms with E-state index >= 15 is 0 Å². The number of ether oxygens (including phenoxy) is 1. The first kappa shape index (κ1) is 19.2. The molecule has 1 N–H and O–H groups in total.